The second-order valence-corrected chi connectivity index (χ2v) is 5.37. The fourth-order valence-corrected chi connectivity index (χ4v) is 1.52. The average molecular weight is 232 g/mol. The highest BCUT2D eigenvalue weighted by atomic mass is 15.2. The molecule has 0 aliphatic heterocycles. The number of pyridine rings is 1. The summed E-state index contributed by atoms with van der Waals surface area (Å²) in [6.07, 6.45) is 0. The molecule has 0 radical (unpaired) electrons. The Morgan fingerprint density at radius 2 is 2.00 bits per heavy atom. The van der Waals surface area contributed by atoms with Crippen molar-refractivity contribution in [3.8, 4) is 6.07 Å². The van der Waals surface area contributed by atoms with Crippen LogP contribution in [0.2, 0.25) is 0 Å². The maximum Gasteiger partial charge on any atom is 0.165 e. The summed E-state index contributed by atoms with van der Waals surface area (Å²) < 4.78 is 0. The van der Waals surface area contributed by atoms with E-state index >= 15 is 0 Å². The zero-order valence-corrected chi connectivity index (χ0v) is 11.2. The van der Waals surface area contributed by atoms with E-state index in [4.69, 9.17) is 11.0 Å². The van der Waals surface area contributed by atoms with Crippen molar-refractivity contribution in [3.05, 3.63) is 17.8 Å². The molecule has 0 aliphatic carbocycles. The fourth-order valence-electron chi connectivity index (χ4n) is 1.52. The summed E-state index contributed by atoms with van der Waals surface area (Å²) in [6, 6.07) is 5.89. The van der Waals surface area contributed by atoms with Crippen LogP contribution in [0.3, 0.4) is 0 Å². The van der Waals surface area contributed by atoms with Crippen LogP contribution in [0, 0.1) is 16.7 Å². The molecule has 1 aromatic heterocycles. The summed E-state index contributed by atoms with van der Waals surface area (Å²) in [5, 5.41) is 8.91. The number of hydrogen-bond acceptors (Lipinski definition) is 4. The van der Waals surface area contributed by atoms with Crippen molar-refractivity contribution in [2.24, 2.45) is 5.41 Å². The molecule has 0 saturated carbocycles. The van der Waals surface area contributed by atoms with Crippen molar-refractivity contribution < 1.29 is 0 Å². The number of anilines is 2. The van der Waals surface area contributed by atoms with E-state index in [1.165, 1.54) is 0 Å². The first-order valence-corrected chi connectivity index (χ1v) is 5.67. The molecule has 4 nitrogen and oxygen atoms in total. The first-order chi connectivity index (χ1) is 7.77. The molecule has 0 spiro atoms. The molecule has 1 aromatic rings. The maximum absolute atomic E-state index is 8.91. The molecule has 17 heavy (non-hydrogen) atoms. The summed E-state index contributed by atoms with van der Waals surface area (Å²) in [5.74, 6) is 0.776. The zero-order chi connectivity index (χ0) is 13.2. The summed E-state index contributed by atoms with van der Waals surface area (Å²) in [5.41, 5.74) is 6.51. The van der Waals surface area contributed by atoms with E-state index in [1.54, 1.807) is 6.07 Å². The van der Waals surface area contributed by atoms with Crippen molar-refractivity contribution >= 4 is 11.5 Å². The third-order valence-electron chi connectivity index (χ3n) is 3.21. The van der Waals surface area contributed by atoms with Crippen molar-refractivity contribution in [3.63, 3.8) is 0 Å². The first kappa shape index (κ1) is 13.3. The van der Waals surface area contributed by atoms with Gasteiger partial charge < -0.3 is 10.6 Å². The standard InChI is InChI=1S/C13H20N4/c1-9(13(2,3)4)17(5)12-7-6-10(15)11(8-14)16-12/h6-7,9H,15H2,1-5H3. The van der Waals surface area contributed by atoms with E-state index < -0.39 is 0 Å². The SMILES string of the molecule is CC(N(C)c1ccc(N)c(C#N)n1)C(C)(C)C. The van der Waals surface area contributed by atoms with Gasteiger partial charge in [0, 0.05) is 13.1 Å². The number of nitrogens with two attached hydrogens (primary N) is 1. The smallest absolute Gasteiger partial charge is 0.165 e. The van der Waals surface area contributed by atoms with Gasteiger partial charge in [-0.2, -0.15) is 5.26 Å². The van der Waals surface area contributed by atoms with Gasteiger partial charge in [-0.05, 0) is 24.5 Å². The Balaban J connectivity index is 3.06. The number of aromatic nitrogens is 1. The second-order valence-electron chi connectivity index (χ2n) is 5.37. The van der Waals surface area contributed by atoms with Gasteiger partial charge in [0.1, 0.15) is 11.9 Å². The van der Waals surface area contributed by atoms with E-state index in [9.17, 15) is 0 Å². The molecular weight excluding hydrogens is 212 g/mol. The molecule has 2 N–H and O–H groups in total. The molecule has 0 saturated heterocycles. The Hall–Kier alpha value is -1.76. The molecule has 1 atom stereocenters. The van der Waals surface area contributed by atoms with Crippen LogP contribution in [0.5, 0.6) is 0 Å². The van der Waals surface area contributed by atoms with Gasteiger partial charge in [-0.3, -0.25) is 0 Å². The number of hydrogen-bond donors (Lipinski definition) is 1. The number of nitrogens with zero attached hydrogens (tertiary/aromatic N) is 3. The average Bonchev–Trinajstić information content (AvgIpc) is 2.26. The molecule has 0 fully saturated rings. The normalized spacial score (nSPS) is 12.9. The van der Waals surface area contributed by atoms with Gasteiger partial charge in [0.25, 0.3) is 0 Å². The summed E-state index contributed by atoms with van der Waals surface area (Å²) >= 11 is 0. The summed E-state index contributed by atoms with van der Waals surface area (Å²) in [7, 11) is 1.98. The Kier molecular flexibility index (Phi) is 3.62. The van der Waals surface area contributed by atoms with Crippen molar-refractivity contribution in [1.82, 2.24) is 4.98 Å². The third kappa shape index (κ3) is 2.88. The molecule has 1 rings (SSSR count). The van der Waals surface area contributed by atoms with E-state index in [1.807, 2.05) is 19.2 Å². The number of nitriles is 1. The molecule has 92 valence electrons. The predicted octanol–water partition coefficient (Wildman–Crippen LogP) is 2.41. The van der Waals surface area contributed by atoms with Crippen molar-refractivity contribution in [1.29, 1.82) is 5.26 Å². The second kappa shape index (κ2) is 4.62. The van der Waals surface area contributed by atoms with Crippen LogP contribution in [0.4, 0.5) is 11.5 Å². The van der Waals surface area contributed by atoms with Crippen LogP contribution in [-0.2, 0) is 0 Å². The first-order valence-electron chi connectivity index (χ1n) is 5.67. The van der Waals surface area contributed by atoms with Crippen LogP contribution in [0.15, 0.2) is 12.1 Å². The fraction of sp³-hybridized carbons (Fsp3) is 0.538. The largest absolute Gasteiger partial charge is 0.396 e. The van der Waals surface area contributed by atoms with Crippen LogP contribution >= 0.6 is 0 Å². The van der Waals surface area contributed by atoms with Crippen LogP contribution in [0.25, 0.3) is 0 Å². The lowest BCUT2D eigenvalue weighted by molar-refractivity contribution is 0.328. The van der Waals surface area contributed by atoms with Crippen molar-refractivity contribution in [2.75, 3.05) is 17.7 Å². The minimum Gasteiger partial charge on any atom is -0.396 e. The molecule has 1 heterocycles. The molecule has 1 unspecified atom stereocenters. The van der Waals surface area contributed by atoms with Crippen molar-refractivity contribution in [2.45, 2.75) is 33.7 Å². The number of rotatable bonds is 2. The van der Waals surface area contributed by atoms with Crippen LogP contribution in [-0.4, -0.2) is 18.1 Å². The lowest BCUT2D eigenvalue weighted by atomic mass is 9.87. The molecule has 0 bridgehead atoms. The van der Waals surface area contributed by atoms with E-state index in [-0.39, 0.29) is 11.1 Å². The maximum atomic E-state index is 8.91. The minimum atomic E-state index is 0.143. The molecular formula is C13H20N4. The van der Waals surface area contributed by atoms with Gasteiger partial charge in [0.2, 0.25) is 0 Å². The van der Waals surface area contributed by atoms with Gasteiger partial charge in [-0.15, -0.1) is 0 Å². The van der Waals surface area contributed by atoms with E-state index in [0.29, 0.717) is 11.7 Å². The number of nitrogen functional groups attached to an aromatic ring is 1. The highest BCUT2D eigenvalue weighted by molar-refractivity contribution is 5.55. The predicted molar refractivity (Wildman–Crippen MR) is 70.7 cm³/mol. The Labute approximate surface area is 103 Å². The van der Waals surface area contributed by atoms with Gasteiger partial charge in [0.05, 0.1) is 5.69 Å². The summed E-state index contributed by atoms with van der Waals surface area (Å²) in [6.45, 7) is 8.67. The van der Waals surface area contributed by atoms with Gasteiger partial charge in [-0.25, -0.2) is 4.98 Å². The van der Waals surface area contributed by atoms with E-state index in [2.05, 4.69) is 37.6 Å². The van der Waals surface area contributed by atoms with Gasteiger partial charge >= 0.3 is 0 Å². The van der Waals surface area contributed by atoms with Gasteiger partial charge in [-0.1, -0.05) is 20.8 Å². The minimum absolute atomic E-state index is 0.143. The zero-order valence-electron chi connectivity index (χ0n) is 11.2. The van der Waals surface area contributed by atoms with Gasteiger partial charge in [0.15, 0.2) is 5.69 Å². The quantitative estimate of drug-likeness (QED) is 0.850. The Morgan fingerprint density at radius 3 is 2.47 bits per heavy atom. The highest BCUT2D eigenvalue weighted by Crippen LogP contribution is 2.27. The Bertz CT molecular complexity index is 440. The van der Waals surface area contributed by atoms with E-state index in [0.717, 1.165) is 5.82 Å². The highest BCUT2D eigenvalue weighted by Gasteiger charge is 2.25. The summed E-state index contributed by atoms with van der Waals surface area (Å²) in [4.78, 5) is 6.33. The van der Waals surface area contributed by atoms with Crippen LogP contribution < -0.4 is 10.6 Å². The van der Waals surface area contributed by atoms with Crippen LogP contribution in [0.1, 0.15) is 33.4 Å². The molecule has 0 aliphatic rings. The lowest BCUT2D eigenvalue weighted by Gasteiger charge is -2.36. The monoisotopic (exact) mass is 232 g/mol. The Morgan fingerprint density at radius 1 is 1.41 bits per heavy atom. The lowest BCUT2D eigenvalue weighted by Crippen LogP contribution is -2.39. The molecule has 4 heteroatoms. The molecule has 0 aromatic carbocycles. The third-order valence-corrected chi connectivity index (χ3v) is 3.21. The topological polar surface area (TPSA) is 65.9 Å². The molecule has 0 amide bonds.